The minimum absolute atomic E-state index is 0.188. The zero-order valence-corrected chi connectivity index (χ0v) is 21.3. The molecule has 3 fully saturated rings. The van der Waals surface area contributed by atoms with Crippen LogP contribution in [0.4, 0.5) is 4.39 Å². The lowest BCUT2D eigenvalue weighted by Crippen LogP contribution is -2.37. The van der Waals surface area contributed by atoms with Crippen molar-refractivity contribution in [2.45, 2.75) is 82.6 Å². The Balaban J connectivity index is 1.14. The molecule has 2 unspecified atom stereocenters. The molecule has 1 aromatic carbocycles. The van der Waals surface area contributed by atoms with Gasteiger partial charge in [-0.2, -0.15) is 0 Å². The van der Waals surface area contributed by atoms with Crippen molar-refractivity contribution in [3.8, 4) is 0 Å². The normalized spacial score (nSPS) is 28.2. The molecule has 6 heteroatoms. The van der Waals surface area contributed by atoms with E-state index in [0.717, 1.165) is 70.3 Å². The molecule has 5 nitrogen and oxygen atoms in total. The van der Waals surface area contributed by atoms with E-state index < -0.39 is 5.97 Å². The van der Waals surface area contributed by atoms with Crippen molar-refractivity contribution in [2.75, 3.05) is 19.6 Å². The number of likely N-dealkylation sites (tertiary alicyclic amines) is 1. The van der Waals surface area contributed by atoms with Crippen LogP contribution in [0.1, 0.15) is 86.7 Å². The molecule has 0 radical (unpaired) electrons. The topological polar surface area (TPSA) is 58.4 Å². The zero-order chi connectivity index (χ0) is 24.6. The van der Waals surface area contributed by atoms with Gasteiger partial charge in [-0.3, -0.25) is 4.79 Å². The summed E-state index contributed by atoms with van der Waals surface area (Å²) < 4.78 is 16.6. The summed E-state index contributed by atoms with van der Waals surface area (Å²) in [5.74, 6) is 2.21. The number of aryl methyl sites for hydroxylation is 1. The van der Waals surface area contributed by atoms with E-state index in [1.165, 1.54) is 43.3 Å². The Labute approximate surface area is 214 Å². The molecule has 3 heterocycles. The highest BCUT2D eigenvalue weighted by Gasteiger charge is 2.43. The molecular formula is C30H40FN3O2. The third-order valence-corrected chi connectivity index (χ3v) is 9.68. The Morgan fingerprint density at radius 1 is 1.11 bits per heavy atom. The molecule has 4 atom stereocenters. The van der Waals surface area contributed by atoms with Crippen molar-refractivity contribution in [1.82, 2.24) is 14.5 Å². The predicted molar refractivity (Wildman–Crippen MR) is 137 cm³/mol. The van der Waals surface area contributed by atoms with E-state index in [0.29, 0.717) is 17.8 Å². The van der Waals surface area contributed by atoms with Crippen LogP contribution in [0.2, 0.25) is 0 Å². The number of carboxylic acids is 1. The molecular weight excluding hydrogens is 453 g/mol. The smallest absolute Gasteiger partial charge is 0.306 e. The molecule has 2 saturated carbocycles. The maximum absolute atomic E-state index is 14.2. The third-order valence-electron chi connectivity index (χ3n) is 9.68. The minimum atomic E-state index is -0.629. The van der Waals surface area contributed by atoms with Crippen LogP contribution in [0, 0.1) is 29.5 Å². The Morgan fingerprint density at radius 3 is 2.69 bits per heavy atom. The lowest BCUT2D eigenvalue weighted by atomic mass is 9.85. The van der Waals surface area contributed by atoms with Gasteiger partial charge in [0.25, 0.3) is 0 Å². The maximum Gasteiger partial charge on any atom is 0.306 e. The van der Waals surface area contributed by atoms with Crippen LogP contribution in [0.15, 0.2) is 30.5 Å². The summed E-state index contributed by atoms with van der Waals surface area (Å²) in [4.78, 5) is 19.5. The molecule has 1 saturated heterocycles. The van der Waals surface area contributed by atoms with Crippen LogP contribution in [-0.4, -0.2) is 45.2 Å². The van der Waals surface area contributed by atoms with Crippen molar-refractivity contribution < 1.29 is 14.3 Å². The minimum Gasteiger partial charge on any atom is -0.481 e. The first-order valence-electron chi connectivity index (χ1n) is 14.3. The average Bonchev–Trinajstić information content (AvgIpc) is 3.46. The number of benzene rings is 1. The van der Waals surface area contributed by atoms with Gasteiger partial charge in [0.15, 0.2) is 0 Å². The summed E-state index contributed by atoms with van der Waals surface area (Å²) >= 11 is 0. The van der Waals surface area contributed by atoms with Crippen molar-refractivity contribution in [2.24, 2.45) is 23.7 Å². The maximum atomic E-state index is 14.2. The number of aliphatic carboxylic acids is 1. The monoisotopic (exact) mass is 493 g/mol. The molecule has 2 aliphatic heterocycles. The van der Waals surface area contributed by atoms with Gasteiger partial charge in [-0.25, -0.2) is 9.37 Å². The molecule has 0 bridgehead atoms. The van der Waals surface area contributed by atoms with E-state index in [9.17, 15) is 14.3 Å². The van der Waals surface area contributed by atoms with Crippen molar-refractivity contribution in [3.63, 3.8) is 0 Å². The van der Waals surface area contributed by atoms with Crippen molar-refractivity contribution in [1.29, 1.82) is 0 Å². The molecule has 0 amide bonds. The second-order valence-corrected chi connectivity index (χ2v) is 12.1. The fourth-order valence-electron chi connectivity index (χ4n) is 7.56. The van der Waals surface area contributed by atoms with E-state index in [1.54, 1.807) is 6.07 Å². The molecule has 1 aromatic heterocycles. The first kappa shape index (κ1) is 24.1. The van der Waals surface area contributed by atoms with Gasteiger partial charge in [-0.05, 0) is 99.4 Å². The van der Waals surface area contributed by atoms with Crippen LogP contribution in [0.3, 0.4) is 0 Å². The molecule has 6 rings (SSSR count). The van der Waals surface area contributed by atoms with Crippen LogP contribution >= 0.6 is 0 Å². The summed E-state index contributed by atoms with van der Waals surface area (Å²) in [7, 11) is 0. The molecule has 0 spiro atoms. The highest BCUT2D eigenvalue weighted by Crippen LogP contribution is 2.49. The Bertz CT molecular complexity index is 1070. The summed E-state index contributed by atoms with van der Waals surface area (Å²) in [6, 6.07) is 7.06. The van der Waals surface area contributed by atoms with Gasteiger partial charge in [0.1, 0.15) is 11.6 Å². The third kappa shape index (κ3) is 5.11. The lowest BCUT2D eigenvalue weighted by molar-refractivity contribution is -0.144. The molecule has 4 aliphatic rings. The van der Waals surface area contributed by atoms with Crippen molar-refractivity contribution >= 4 is 5.97 Å². The van der Waals surface area contributed by atoms with Crippen LogP contribution in [0.25, 0.3) is 0 Å². The Hall–Kier alpha value is -2.21. The molecule has 2 aliphatic carbocycles. The second kappa shape index (κ2) is 10.3. The average molecular weight is 494 g/mol. The van der Waals surface area contributed by atoms with Gasteiger partial charge in [0.2, 0.25) is 0 Å². The number of carbonyl (C=O) groups is 1. The fraction of sp³-hybridized carbons (Fsp3) is 0.667. The number of piperidine rings is 1. The highest BCUT2D eigenvalue weighted by molar-refractivity contribution is 5.70. The van der Waals surface area contributed by atoms with Gasteiger partial charge in [-0.1, -0.05) is 25.0 Å². The van der Waals surface area contributed by atoms with Gasteiger partial charge < -0.3 is 14.6 Å². The Morgan fingerprint density at radius 2 is 1.94 bits per heavy atom. The molecule has 1 N–H and O–H groups in total. The largest absolute Gasteiger partial charge is 0.481 e. The quantitative estimate of drug-likeness (QED) is 0.501. The van der Waals surface area contributed by atoms with E-state index >= 15 is 0 Å². The predicted octanol–water partition coefficient (Wildman–Crippen LogP) is 5.85. The first-order valence-corrected chi connectivity index (χ1v) is 14.3. The number of fused-ring (bicyclic) bond motifs is 1. The lowest BCUT2D eigenvalue weighted by Gasteiger charge is -2.35. The number of halogens is 1. The molecule has 2 aromatic rings. The number of aromatic nitrogens is 2. The number of carboxylic acid groups (broad SMARTS) is 1. The number of nitrogens with zero attached hydrogens (tertiary/aromatic N) is 3. The second-order valence-electron chi connectivity index (χ2n) is 12.1. The number of rotatable bonds is 8. The molecule has 194 valence electrons. The van der Waals surface area contributed by atoms with Crippen molar-refractivity contribution in [3.05, 3.63) is 53.4 Å². The fourth-order valence-corrected chi connectivity index (χ4v) is 7.56. The van der Waals surface area contributed by atoms with Gasteiger partial charge in [-0.15, -0.1) is 0 Å². The highest BCUT2D eigenvalue weighted by atomic mass is 19.1. The van der Waals surface area contributed by atoms with E-state index in [1.807, 2.05) is 6.07 Å². The van der Waals surface area contributed by atoms with Crippen LogP contribution in [0.5, 0.6) is 0 Å². The SMILES string of the molecule is O=C(O)C(CC1CC1)C1C[C@H](CN2CCC(c3cnc4n3CCCC4)CC2)[C@@H](c2cccc(F)c2)C1. The van der Waals surface area contributed by atoms with E-state index in [2.05, 4.69) is 21.7 Å². The zero-order valence-electron chi connectivity index (χ0n) is 21.3. The number of imidazole rings is 1. The summed E-state index contributed by atoms with van der Waals surface area (Å²) in [5, 5.41) is 10.0. The summed E-state index contributed by atoms with van der Waals surface area (Å²) in [6.45, 7) is 4.26. The number of hydrogen-bond acceptors (Lipinski definition) is 3. The number of hydrogen-bond donors (Lipinski definition) is 1. The summed E-state index contributed by atoms with van der Waals surface area (Å²) in [5.41, 5.74) is 2.49. The van der Waals surface area contributed by atoms with Gasteiger partial charge in [0, 0.05) is 37.3 Å². The van der Waals surface area contributed by atoms with Crippen LogP contribution < -0.4 is 0 Å². The standard InChI is InChI=1S/C30H40FN3O2/c31-25-5-3-4-22(16-25)26-17-23(27(30(35)36)14-20-7-8-20)15-24(26)19-33-12-9-21(10-13-33)28-18-32-29-6-1-2-11-34(28)29/h3-5,16,18,20-21,23-24,26-27H,1-2,6-15,17,19H2,(H,35,36)/t23?,24-,26-,27?/m1/s1. The first-order chi connectivity index (χ1) is 17.5. The Kier molecular flexibility index (Phi) is 6.89. The van der Waals surface area contributed by atoms with Crippen LogP contribution in [-0.2, 0) is 17.8 Å². The molecule has 36 heavy (non-hydrogen) atoms. The summed E-state index contributed by atoms with van der Waals surface area (Å²) in [6.07, 6.45) is 13.1. The van der Waals surface area contributed by atoms with Gasteiger partial charge in [0.05, 0.1) is 5.92 Å². The van der Waals surface area contributed by atoms with E-state index in [4.69, 9.17) is 4.98 Å². The van der Waals surface area contributed by atoms with E-state index in [-0.39, 0.29) is 23.6 Å². The van der Waals surface area contributed by atoms with Gasteiger partial charge >= 0.3 is 5.97 Å².